The van der Waals surface area contributed by atoms with Crippen molar-refractivity contribution in [3.63, 3.8) is 0 Å². The van der Waals surface area contributed by atoms with Crippen LogP contribution in [0.3, 0.4) is 0 Å². The highest BCUT2D eigenvalue weighted by Crippen LogP contribution is 2.29. The molecule has 0 aliphatic rings. The van der Waals surface area contributed by atoms with E-state index in [0.717, 1.165) is 11.1 Å². The molecule has 0 spiro atoms. The van der Waals surface area contributed by atoms with E-state index in [-0.39, 0.29) is 41.2 Å². The summed E-state index contributed by atoms with van der Waals surface area (Å²) in [5.41, 5.74) is 2.09. The lowest BCUT2D eigenvalue weighted by molar-refractivity contribution is 0.0939. The molecule has 0 bridgehead atoms. The van der Waals surface area contributed by atoms with Crippen LogP contribution in [-0.4, -0.2) is 32.3 Å². The Morgan fingerprint density at radius 1 is 1.00 bits per heavy atom. The number of hydrogen-bond acceptors (Lipinski definition) is 4. The molecule has 168 valence electrons. The van der Waals surface area contributed by atoms with Gasteiger partial charge in [0.1, 0.15) is 10.6 Å². The number of benzene rings is 3. The molecule has 0 aliphatic carbocycles. The summed E-state index contributed by atoms with van der Waals surface area (Å²) in [6.45, 7) is 4.17. The maximum absolute atomic E-state index is 13.5. The molecule has 0 unspecified atom stereocenters. The number of nitrogens with one attached hydrogen (secondary N) is 1. The van der Waals surface area contributed by atoms with E-state index in [1.807, 2.05) is 67.6 Å². The van der Waals surface area contributed by atoms with Crippen molar-refractivity contribution in [2.24, 2.45) is 0 Å². The standard InChI is InChI=1S/C25H28N2O4S/c1-4-27(18-20-11-7-5-8-12-20)32(29,30)24-17-22(15-16-23(24)31-3)25(28)26-19(2)21-13-9-6-10-14-21/h5-17,19H,4,18H2,1-3H3,(H,26,28)/t19-/m0/s1. The SMILES string of the molecule is CCN(Cc1ccccc1)S(=O)(=O)c1cc(C(=O)N[C@@H](C)c2ccccc2)ccc1OC. The second kappa shape index (κ2) is 10.4. The van der Waals surface area contributed by atoms with Crippen LogP contribution in [0, 0.1) is 0 Å². The van der Waals surface area contributed by atoms with Crippen LogP contribution in [0.25, 0.3) is 0 Å². The molecule has 0 aromatic heterocycles. The van der Waals surface area contributed by atoms with Crippen LogP contribution in [0.5, 0.6) is 5.75 Å². The molecule has 32 heavy (non-hydrogen) atoms. The van der Waals surface area contributed by atoms with E-state index in [1.165, 1.54) is 23.5 Å². The zero-order valence-electron chi connectivity index (χ0n) is 18.5. The Hall–Kier alpha value is -3.16. The van der Waals surface area contributed by atoms with Gasteiger partial charge in [0.25, 0.3) is 5.91 Å². The molecule has 6 nitrogen and oxygen atoms in total. The van der Waals surface area contributed by atoms with E-state index in [0.29, 0.717) is 0 Å². The minimum atomic E-state index is -3.90. The Kier molecular flexibility index (Phi) is 7.66. The number of carbonyl (C=O) groups is 1. The van der Waals surface area contributed by atoms with Gasteiger partial charge < -0.3 is 10.1 Å². The fourth-order valence-corrected chi connectivity index (χ4v) is 5.04. The van der Waals surface area contributed by atoms with E-state index in [2.05, 4.69) is 5.32 Å². The van der Waals surface area contributed by atoms with Gasteiger partial charge in [-0.15, -0.1) is 0 Å². The molecule has 3 aromatic carbocycles. The second-order valence-electron chi connectivity index (χ2n) is 7.39. The van der Waals surface area contributed by atoms with Crippen LogP contribution >= 0.6 is 0 Å². The van der Waals surface area contributed by atoms with E-state index in [4.69, 9.17) is 4.74 Å². The number of amides is 1. The lowest BCUT2D eigenvalue weighted by atomic mass is 10.1. The number of carbonyl (C=O) groups excluding carboxylic acids is 1. The molecule has 0 radical (unpaired) electrons. The summed E-state index contributed by atoms with van der Waals surface area (Å²) in [6, 6.07) is 23.2. The van der Waals surface area contributed by atoms with Gasteiger partial charge in [-0.2, -0.15) is 4.31 Å². The molecular formula is C25H28N2O4S. The number of nitrogens with zero attached hydrogens (tertiary/aromatic N) is 1. The maximum Gasteiger partial charge on any atom is 0.251 e. The van der Waals surface area contributed by atoms with E-state index < -0.39 is 10.0 Å². The summed E-state index contributed by atoms with van der Waals surface area (Å²) >= 11 is 0. The summed E-state index contributed by atoms with van der Waals surface area (Å²) in [4.78, 5) is 12.8. The monoisotopic (exact) mass is 452 g/mol. The summed E-state index contributed by atoms with van der Waals surface area (Å²) in [5, 5.41) is 2.92. The highest BCUT2D eigenvalue weighted by Gasteiger charge is 2.28. The van der Waals surface area contributed by atoms with Crippen LogP contribution in [0.4, 0.5) is 0 Å². The van der Waals surface area contributed by atoms with Gasteiger partial charge >= 0.3 is 0 Å². The minimum absolute atomic E-state index is 0.0298. The number of methoxy groups -OCH3 is 1. The molecule has 1 atom stereocenters. The molecule has 0 fully saturated rings. The summed E-state index contributed by atoms with van der Waals surface area (Å²) in [5.74, 6) is -0.157. The average molecular weight is 453 g/mol. The van der Waals surface area contributed by atoms with Gasteiger partial charge in [0, 0.05) is 18.7 Å². The maximum atomic E-state index is 13.5. The highest BCUT2D eigenvalue weighted by atomic mass is 32.2. The largest absolute Gasteiger partial charge is 0.495 e. The predicted octanol–water partition coefficient (Wildman–Crippen LogP) is 4.40. The number of rotatable bonds is 9. The number of ether oxygens (including phenoxy) is 1. The topological polar surface area (TPSA) is 75.7 Å². The van der Waals surface area contributed by atoms with Crippen molar-refractivity contribution in [1.29, 1.82) is 0 Å². The first-order valence-corrected chi connectivity index (χ1v) is 11.9. The van der Waals surface area contributed by atoms with Crippen molar-refractivity contribution < 1.29 is 17.9 Å². The third kappa shape index (κ3) is 5.36. The van der Waals surface area contributed by atoms with Crippen molar-refractivity contribution in [2.45, 2.75) is 31.3 Å². The number of hydrogen-bond donors (Lipinski definition) is 1. The van der Waals surface area contributed by atoms with Gasteiger partial charge in [0.05, 0.1) is 13.2 Å². The Morgan fingerprint density at radius 2 is 1.62 bits per heavy atom. The fourth-order valence-electron chi connectivity index (χ4n) is 3.42. The van der Waals surface area contributed by atoms with Crippen molar-refractivity contribution >= 4 is 15.9 Å². The molecule has 0 heterocycles. The third-order valence-electron chi connectivity index (χ3n) is 5.25. The Morgan fingerprint density at radius 3 is 2.22 bits per heavy atom. The first-order chi connectivity index (χ1) is 15.4. The highest BCUT2D eigenvalue weighted by molar-refractivity contribution is 7.89. The predicted molar refractivity (Wildman–Crippen MR) is 125 cm³/mol. The Balaban J connectivity index is 1.90. The van der Waals surface area contributed by atoms with Crippen LogP contribution in [0.15, 0.2) is 83.8 Å². The molecule has 3 rings (SSSR count). The Bertz CT molecular complexity index is 1150. The smallest absolute Gasteiger partial charge is 0.251 e. The summed E-state index contributed by atoms with van der Waals surface area (Å²) in [6.07, 6.45) is 0. The van der Waals surface area contributed by atoms with Crippen LogP contribution in [-0.2, 0) is 16.6 Å². The lowest BCUT2D eigenvalue weighted by Crippen LogP contribution is -2.31. The molecular weight excluding hydrogens is 424 g/mol. The molecule has 1 amide bonds. The van der Waals surface area contributed by atoms with Gasteiger partial charge in [-0.3, -0.25) is 4.79 Å². The van der Waals surface area contributed by atoms with Gasteiger partial charge in [-0.05, 0) is 36.2 Å². The minimum Gasteiger partial charge on any atom is -0.495 e. The lowest BCUT2D eigenvalue weighted by Gasteiger charge is -2.22. The van der Waals surface area contributed by atoms with E-state index >= 15 is 0 Å². The van der Waals surface area contributed by atoms with E-state index in [9.17, 15) is 13.2 Å². The molecule has 0 saturated heterocycles. The van der Waals surface area contributed by atoms with Crippen molar-refractivity contribution in [1.82, 2.24) is 9.62 Å². The zero-order valence-corrected chi connectivity index (χ0v) is 19.3. The first-order valence-electron chi connectivity index (χ1n) is 10.4. The van der Waals surface area contributed by atoms with Crippen LogP contribution in [0.1, 0.15) is 41.4 Å². The van der Waals surface area contributed by atoms with Gasteiger partial charge in [-0.1, -0.05) is 67.6 Å². The van der Waals surface area contributed by atoms with E-state index in [1.54, 1.807) is 13.0 Å². The van der Waals surface area contributed by atoms with Crippen molar-refractivity contribution in [2.75, 3.05) is 13.7 Å². The molecule has 7 heteroatoms. The number of sulfonamides is 1. The molecule has 0 aliphatic heterocycles. The van der Waals surface area contributed by atoms with Crippen molar-refractivity contribution in [3.8, 4) is 5.75 Å². The fraction of sp³-hybridized carbons (Fsp3) is 0.240. The molecule has 3 aromatic rings. The van der Waals surface area contributed by atoms with Gasteiger partial charge in [0.2, 0.25) is 10.0 Å². The Labute approximate surface area is 189 Å². The summed E-state index contributed by atoms with van der Waals surface area (Å²) in [7, 11) is -2.48. The summed E-state index contributed by atoms with van der Waals surface area (Å²) < 4.78 is 33.7. The zero-order chi connectivity index (χ0) is 23.1. The third-order valence-corrected chi connectivity index (χ3v) is 7.19. The molecule has 0 saturated carbocycles. The van der Waals surface area contributed by atoms with Gasteiger partial charge in [-0.25, -0.2) is 8.42 Å². The second-order valence-corrected chi connectivity index (χ2v) is 9.29. The van der Waals surface area contributed by atoms with Gasteiger partial charge in [0.15, 0.2) is 0 Å². The normalized spacial score (nSPS) is 12.4. The first kappa shape index (κ1) is 23.5. The average Bonchev–Trinajstić information content (AvgIpc) is 2.83. The van der Waals surface area contributed by atoms with Crippen LogP contribution < -0.4 is 10.1 Å². The van der Waals surface area contributed by atoms with Crippen LogP contribution in [0.2, 0.25) is 0 Å². The van der Waals surface area contributed by atoms with Crippen molar-refractivity contribution in [3.05, 3.63) is 95.6 Å². The molecule has 1 N–H and O–H groups in total. The quantitative estimate of drug-likeness (QED) is 0.522.